The summed E-state index contributed by atoms with van der Waals surface area (Å²) >= 11 is 0. The highest BCUT2D eigenvalue weighted by Gasteiger charge is 1.98. The van der Waals surface area contributed by atoms with Crippen molar-refractivity contribution in [2.45, 2.75) is 13.8 Å². The van der Waals surface area contributed by atoms with Gasteiger partial charge in [0.25, 0.3) is 0 Å². The van der Waals surface area contributed by atoms with Crippen LogP contribution in [0.2, 0.25) is 0 Å². The van der Waals surface area contributed by atoms with Crippen LogP contribution in [0.15, 0.2) is 42.6 Å². The van der Waals surface area contributed by atoms with E-state index < -0.39 is 0 Å². The number of aromatic nitrogens is 1. The minimum absolute atomic E-state index is 0.513. The lowest BCUT2D eigenvalue weighted by Crippen LogP contribution is -2.09. The van der Waals surface area contributed by atoms with Crippen LogP contribution in [0.25, 0.3) is 0 Å². The van der Waals surface area contributed by atoms with Crippen molar-refractivity contribution in [3.05, 3.63) is 53.9 Å². The van der Waals surface area contributed by atoms with E-state index in [9.17, 15) is 0 Å². The van der Waals surface area contributed by atoms with Gasteiger partial charge in [-0.15, -0.1) is 0 Å². The molecule has 2 aromatic rings. The first-order valence-electron chi connectivity index (χ1n) is 5.99. The van der Waals surface area contributed by atoms with Crippen molar-refractivity contribution in [3.8, 4) is 11.5 Å². The van der Waals surface area contributed by atoms with Gasteiger partial charge in [0.15, 0.2) is 0 Å². The number of hydrogen-bond donors (Lipinski definition) is 0. The summed E-state index contributed by atoms with van der Waals surface area (Å²) in [5.74, 6) is 1.68. The van der Waals surface area contributed by atoms with Crippen LogP contribution in [0, 0.1) is 13.8 Å². The maximum Gasteiger partial charge on any atom is 0.137 e. The van der Waals surface area contributed by atoms with Gasteiger partial charge in [-0.3, -0.25) is 4.98 Å². The molecule has 0 N–H and O–H groups in total. The van der Waals surface area contributed by atoms with Gasteiger partial charge in [0.05, 0.1) is 6.20 Å². The molecule has 0 aliphatic carbocycles. The Hall–Kier alpha value is -2.03. The first-order valence-corrected chi connectivity index (χ1v) is 5.99. The number of para-hydroxylation sites is 1. The molecular formula is C15H17NO2. The fourth-order valence-electron chi connectivity index (χ4n) is 1.57. The highest BCUT2D eigenvalue weighted by atomic mass is 16.5. The molecule has 0 aliphatic heterocycles. The molecule has 94 valence electrons. The average Bonchev–Trinajstić information content (AvgIpc) is 2.39. The highest BCUT2D eigenvalue weighted by molar-refractivity contribution is 5.31. The van der Waals surface area contributed by atoms with Crippen molar-refractivity contribution in [3.63, 3.8) is 0 Å². The summed E-state index contributed by atoms with van der Waals surface area (Å²) in [7, 11) is 0. The molecule has 0 aliphatic rings. The zero-order valence-electron chi connectivity index (χ0n) is 10.7. The lowest BCUT2D eigenvalue weighted by atomic mass is 10.2. The van der Waals surface area contributed by atoms with Gasteiger partial charge < -0.3 is 9.47 Å². The van der Waals surface area contributed by atoms with E-state index in [-0.39, 0.29) is 0 Å². The van der Waals surface area contributed by atoms with E-state index in [1.807, 2.05) is 50.2 Å². The Morgan fingerprint density at radius 2 is 1.72 bits per heavy atom. The largest absolute Gasteiger partial charge is 0.490 e. The van der Waals surface area contributed by atoms with Crippen molar-refractivity contribution in [2.75, 3.05) is 13.2 Å². The minimum Gasteiger partial charge on any atom is -0.490 e. The van der Waals surface area contributed by atoms with E-state index in [0.29, 0.717) is 13.2 Å². The predicted octanol–water partition coefficient (Wildman–Crippen LogP) is 3.16. The topological polar surface area (TPSA) is 31.4 Å². The number of rotatable bonds is 5. The van der Waals surface area contributed by atoms with Crippen LogP contribution in [-0.4, -0.2) is 18.2 Å². The molecule has 3 nitrogen and oxygen atoms in total. The molecule has 0 atom stereocenters. The van der Waals surface area contributed by atoms with Gasteiger partial charge in [0.2, 0.25) is 0 Å². The maximum absolute atomic E-state index is 5.64. The van der Waals surface area contributed by atoms with E-state index in [1.54, 1.807) is 6.20 Å². The molecule has 0 saturated carbocycles. The van der Waals surface area contributed by atoms with E-state index in [0.717, 1.165) is 22.8 Å². The fourth-order valence-corrected chi connectivity index (χ4v) is 1.57. The Labute approximate surface area is 107 Å². The summed E-state index contributed by atoms with van der Waals surface area (Å²) in [6.07, 6.45) is 1.73. The van der Waals surface area contributed by atoms with Crippen LogP contribution < -0.4 is 9.47 Å². The third kappa shape index (κ3) is 3.48. The average molecular weight is 243 g/mol. The Morgan fingerprint density at radius 3 is 2.44 bits per heavy atom. The Kier molecular flexibility index (Phi) is 4.18. The van der Waals surface area contributed by atoms with Crippen LogP contribution in [0.3, 0.4) is 0 Å². The summed E-state index contributed by atoms with van der Waals surface area (Å²) in [6.45, 7) is 5.02. The molecule has 0 radical (unpaired) electrons. The smallest absolute Gasteiger partial charge is 0.137 e. The standard InChI is InChI=1S/C15H17NO2/c1-12-5-3-4-6-15(12)18-10-9-17-14-8-7-13(2)16-11-14/h3-8,11H,9-10H2,1-2H3. The van der Waals surface area contributed by atoms with Gasteiger partial charge in [0.1, 0.15) is 24.7 Å². The molecule has 18 heavy (non-hydrogen) atoms. The fraction of sp³-hybridized carbons (Fsp3) is 0.267. The predicted molar refractivity (Wildman–Crippen MR) is 71.1 cm³/mol. The minimum atomic E-state index is 0.513. The summed E-state index contributed by atoms with van der Waals surface area (Å²) < 4.78 is 11.2. The summed E-state index contributed by atoms with van der Waals surface area (Å²) in [5, 5.41) is 0. The number of nitrogens with zero attached hydrogens (tertiary/aromatic N) is 1. The normalized spacial score (nSPS) is 10.1. The van der Waals surface area contributed by atoms with Crippen molar-refractivity contribution in [1.82, 2.24) is 4.98 Å². The third-order valence-electron chi connectivity index (χ3n) is 2.59. The van der Waals surface area contributed by atoms with Gasteiger partial charge in [-0.2, -0.15) is 0 Å². The van der Waals surface area contributed by atoms with Crippen LogP contribution in [-0.2, 0) is 0 Å². The van der Waals surface area contributed by atoms with E-state index in [2.05, 4.69) is 4.98 Å². The monoisotopic (exact) mass is 243 g/mol. The van der Waals surface area contributed by atoms with Gasteiger partial charge in [-0.25, -0.2) is 0 Å². The van der Waals surface area contributed by atoms with Crippen LogP contribution in [0.1, 0.15) is 11.3 Å². The van der Waals surface area contributed by atoms with Gasteiger partial charge in [-0.1, -0.05) is 18.2 Å². The van der Waals surface area contributed by atoms with Crippen molar-refractivity contribution >= 4 is 0 Å². The molecule has 0 bridgehead atoms. The number of benzene rings is 1. The molecule has 3 heteroatoms. The lowest BCUT2D eigenvalue weighted by molar-refractivity contribution is 0.216. The van der Waals surface area contributed by atoms with Crippen LogP contribution >= 0.6 is 0 Å². The summed E-state index contributed by atoms with van der Waals surface area (Å²) in [5.41, 5.74) is 2.12. The number of ether oxygens (including phenoxy) is 2. The molecule has 0 fully saturated rings. The first-order chi connectivity index (χ1) is 8.75. The third-order valence-corrected chi connectivity index (χ3v) is 2.59. The SMILES string of the molecule is Cc1ccc(OCCOc2ccccc2C)cn1. The molecule has 1 aromatic heterocycles. The number of pyridine rings is 1. The van der Waals surface area contributed by atoms with E-state index in [1.165, 1.54) is 0 Å². The van der Waals surface area contributed by atoms with Crippen molar-refractivity contribution in [2.24, 2.45) is 0 Å². The second kappa shape index (κ2) is 6.05. The first kappa shape index (κ1) is 12.4. The molecule has 2 rings (SSSR count). The molecule has 0 saturated heterocycles. The van der Waals surface area contributed by atoms with Crippen molar-refractivity contribution in [1.29, 1.82) is 0 Å². The number of aryl methyl sites for hydroxylation is 2. The Morgan fingerprint density at radius 1 is 0.944 bits per heavy atom. The lowest BCUT2D eigenvalue weighted by Gasteiger charge is -2.09. The number of hydrogen-bond acceptors (Lipinski definition) is 3. The van der Waals surface area contributed by atoms with Gasteiger partial charge in [0, 0.05) is 5.69 Å². The van der Waals surface area contributed by atoms with Gasteiger partial charge >= 0.3 is 0 Å². The summed E-state index contributed by atoms with van der Waals surface area (Å²) in [4.78, 5) is 4.16. The van der Waals surface area contributed by atoms with Gasteiger partial charge in [-0.05, 0) is 37.6 Å². The molecule has 0 spiro atoms. The Bertz CT molecular complexity index is 494. The molecule has 0 amide bonds. The molecule has 1 heterocycles. The molecule has 1 aromatic carbocycles. The second-order valence-corrected chi connectivity index (χ2v) is 4.10. The molecular weight excluding hydrogens is 226 g/mol. The summed E-state index contributed by atoms with van der Waals surface area (Å²) in [6, 6.07) is 11.8. The van der Waals surface area contributed by atoms with Crippen LogP contribution in [0.4, 0.5) is 0 Å². The van der Waals surface area contributed by atoms with Crippen LogP contribution in [0.5, 0.6) is 11.5 Å². The zero-order chi connectivity index (χ0) is 12.8. The second-order valence-electron chi connectivity index (χ2n) is 4.10. The highest BCUT2D eigenvalue weighted by Crippen LogP contribution is 2.16. The van der Waals surface area contributed by atoms with E-state index >= 15 is 0 Å². The molecule has 0 unspecified atom stereocenters. The zero-order valence-corrected chi connectivity index (χ0v) is 10.7. The quantitative estimate of drug-likeness (QED) is 0.756. The maximum atomic E-state index is 5.64. The van der Waals surface area contributed by atoms with Crippen molar-refractivity contribution < 1.29 is 9.47 Å². The Balaban J connectivity index is 1.76. The van der Waals surface area contributed by atoms with E-state index in [4.69, 9.17) is 9.47 Å².